The molecule has 2 rings (SSSR count). The molecule has 0 heterocycles. The second-order valence-corrected chi connectivity index (χ2v) is 6.32. The molecule has 118 valence electrons. The number of alkyl halides is 3. The van der Waals surface area contributed by atoms with Crippen molar-refractivity contribution in [3.05, 3.63) is 54.1 Å². The lowest BCUT2D eigenvalue weighted by molar-refractivity contribution is -0.137. The van der Waals surface area contributed by atoms with Crippen LogP contribution in [0.4, 0.5) is 24.5 Å². The lowest BCUT2D eigenvalue weighted by Crippen LogP contribution is -2.18. The molecule has 2 N–H and O–H groups in total. The lowest BCUT2D eigenvalue weighted by Gasteiger charge is -2.10. The maximum absolute atomic E-state index is 12.5. The van der Waals surface area contributed by atoms with Crippen LogP contribution in [0, 0.1) is 0 Å². The van der Waals surface area contributed by atoms with Gasteiger partial charge in [0, 0.05) is 11.4 Å². The number of hydrogen-bond acceptors (Lipinski definition) is 3. The van der Waals surface area contributed by atoms with E-state index in [0.717, 1.165) is 12.1 Å². The van der Waals surface area contributed by atoms with Gasteiger partial charge in [0.2, 0.25) is 10.0 Å². The molecule has 4 nitrogen and oxygen atoms in total. The first-order valence-electron chi connectivity index (χ1n) is 6.20. The van der Waals surface area contributed by atoms with Crippen molar-refractivity contribution in [2.45, 2.75) is 11.1 Å². The van der Waals surface area contributed by atoms with E-state index in [-0.39, 0.29) is 4.90 Å². The van der Waals surface area contributed by atoms with Crippen LogP contribution in [0.15, 0.2) is 53.4 Å². The summed E-state index contributed by atoms with van der Waals surface area (Å²) in [5.41, 5.74) is 0.306. The van der Waals surface area contributed by atoms with Gasteiger partial charge in [-0.1, -0.05) is 0 Å². The minimum Gasteiger partial charge on any atom is -0.356 e. The molecule has 0 aliphatic heterocycles. The zero-order valence-electron chi connectivity index (χ0n) is 11.5. The summed E-state index contributed by atoms with van der Waals surface area (Å²) in [6, 6.07) is 10.4. The highest BCUT2D eigenvalue weighted by Crippen LogP contribution is 2.30. The van der Waals surface area contributed by atoms with Crippen molar-refractivity contribution in [2.75, 3.05) is 12.4 Å². The summed E-state index contributed by atoms with van der Waals surface area (Å²) in [4.78, 5) is 0.105. The van der Waals surface area contributed by atoms with Crippen molar-refractivity contribution < 1.29 is 21.6 Å². The van der Waals surface area contributed by atoms with Crippen molar-refractivity contribution in [1.29, 1.82) is 0 Å². The number of benzene rings is 2. The number of anilines is 2. The van der Waals surface area contributed by atoms with Crippen molar-refractivity contribution in [2.24, 2.45) is 0 Å². The standard InChI is InChI=1S/C14H13F3N2O2S/c1-18-22(20,21)13-8-6-12(7-9-13)19-11-4-2-10(3-5-11)14(15,16)17/h2-9,18-19H,1H3. The fourth-order valence-corrected chi connectivity index (χ4v) is 2.47. The molecule has 0 atom stereocenters. The normalized spacial score (nSPS) is 12.2. The molecule has 0 aliphatic carbocycles. The minimum atomic E-state index is -4.37. The Hall–Kier alpha value is -2.06. The maximum atomic E-state index is 12.5. The molecule has 0 aliphatic rings. The molecule has 0 amide bonds. The zero-order chi connectivity index (χ0) is 16.4. The first-order valence-corrected chi connectivity index (χ1v) is 7.68. The van der Waals surface area contributed by atoms with Gasteiger partial charge in [-0.2, -0.15) is 13.2 Å². The van der Waals surface area contributed by atoms with Crippen LogP contribution in [0.3, 0.4) is 0 Å². The molecule has 2 aromatic rings. The molecule has 0 fully saturated rings. The number of hydrogen-bond donors (Lipinski definition) is 2. The molecular weight excluding hydrogens is 317 g/mol. The van der Waals surface area contributed by atoms with Gasteiger partial charge in [-0.05, 0) is 55.6 Å². The van der Waals surface area contributed by atoms with Crippen molar-refractivity contribution in [3.63, 3.8) is 0 Å². The summed E-state index contributed by atoms with van der Waals surface area (Å²) in [5.74, 6) is 0. The number of nitrogens with one attached hydrogen (secondary N) is 2. The summed E-state index contributed by atoms with van der Waals surface area (Å²) in [6.45, 7) is 0. The summed E-state index contributed by atoms with van der Waals surface area (Å²) in [7, 11) is -2.20. The Morgan fingerprint density at radius 2 is 1.32 bits per heavy atom. The molecule has 0 saturated heterocycles. The van der Waals surface area contributed by atoms with Crippen LogP contribution in [-0.4, -0.2) is 15.5 Å². The highest BCUT2D eigenvalue weighted by Gasteiger charge is 2.29. The Morgan fingerprint density at radius 1 is 0.864 bits per heavy atom. The van der Waals surface area contributed by atoms with Crippen molar-refractivity contribution >= 4 is 21.4 Å². The molecule has 0 radical (unpaired) electrons. The highest BCUT2D eigenvalue weighted by molar-refractivity contribution is 7.89. The maximum Gasteiger partial charge on any atom is 0.416 e. The average molecular weight is 330 g/mol. The molecule has 2 aromatic carbocycles. The van der Waals surface area contributed by atoms with Crippen LogP contribution in [0.1, 0.15) is 5.56 Å². The van der Waals surface area contributed by atoms with Gasteiger partial charge in [0.25, 0.3) is 0 Å². The van der Waals surface area contributed by atoms with E-state index in [9.17, 15) is 21.6 Å². The molecule has 8 heteroatoms. The van der Waals surface area contributed by atoms with E-state index in [1.807, 2.05) is 0 Å². The van der Waals surface area contributed by atoms with E-state index >= 15 is 0 Å². The van der Waals surface area contributed by atoms with Crippen LogP contribution in [0.2, 0.25) is 0 Å². The van der Waals surface area contributed by atoms with Gasteiger partial charge in [0.05, 0.1) is 10.5 Å². The fraction of sp³-hybridized carbons (Fsp3) is 0.143. The zero-order valence-corrected chi connectivity index (χ0v) is 12.3. The third-order valence-electron chi connectivity index (χ3n) is 2.93. The average Bonchev–Trinajstić information content (AvgIpc) is 2.47. The number of sulfonamides is 1. The van der Waals surface area contributed by atoms with Crippen molar-refractivity contribution in [3.8, 4) is 0 Å². The van der Waals surface area contributed by atoms with Crippen LogP contribution in [0.5, 0.6) is 0 Å². The van der Waals surface area contributed by atoms with Gasteiger partial charge in [0.1, 0.15) is 0 Å². The van der Waals surface area contributed by atoms with E-state index in [1.165, 1.54) is 43.4 Å². The minimum absolute atomic E-state index is 0.105. The highest BCUT2D eigenvalue weighted by atomic mass is 32.2. The van der Waals surface area contributed by atoms with E-state index in [0.29, 0.717) is 11.4 Å². The van der Waals surface area contributed by atoms with Gasteiger partial charge in [-0.15, -0.1) is 0 Å². The van der Waals surface area contributed by atoms with Crippen LogP contribution in [0.25, 0.3) is 0 Å². The second kappa shape index (κ2) is 5.98. The smallest absolute Gasteiger partial charge is 0.356 e. The second-order valence-electron chi connectivity index (χ2n) is 4.43. The lowest BCUT2D eigenvalue weighted by atomic mass is 10.2. The third kappa shape index (κ3) is 3.77. The Balaban J connectivity index is 2.15. The van der Waals surface area contributed by atoms with Crippen LogP contribution < -0.4 is 10.0 Å². The molecule has 0 unspecified atom stereocenters. The molecular formula is C14H13F3N2O2S. The Morgan fingerprint density at radius 3 is 1.73 bits per heavy atom. The van der Waals surface area contributed by atoms with Gasteiger partial charge in [-0.3, -0.25) is 0 Å². The summed E-state index contributed by atoms with van der Waals surface area (Å²) < 4.78 is 62.7. The molecule has 0 bridgehead atoms. The third-order valence-corrected chi connectivity index (χ3v) is 4.36. The summed E-state index contributed by atoms with van der Waals surface area (Å²) >= 11 is 0. The van der Waals surface area contributed by atoms with Crippen LogP contribution in [-0.2, 0) is 16.2 Å². The van der Waals surface area contributed by atoms with E-state index < -0.39 is 21.8 Å². The fourth-order valence-electron chi connectivity index (χ4n) is 1.74. The van der Waals surface area contributed by atoms with Crippen LogP contribution >= 0.6 is 0 Å². The number of rotatable bonds is 4. The molecule has 0 spiro atoms. The predicted octanol–water partition coefficient (Wildman–Crippen LogP) is 3.36. The first-order chi connectivity index (χ1) is 10.2. The predicted molar refractivity (Wildman–Crippen MR) is 77.4 cm³/mol. The van der Waals surface area contributed by atoms with E-state index in [2.05, 4.69) is 10.0 Å². The molecule has 0 aromatic heterocycles. The summed E-state index contributed by atoms with van der Waals surface area (Å²) in [5, 5.41) is 2.90. The van der Waals surface area contributed by atoms with Gasteiger partial charge < -0.3 is 5.32 Å². The van der Waals surface area contributed by atoms with Gasteiger partial charge in [0.15, 0.2) is 0 Å². The Bertz CT molecular complexity index is 739. The molecule has 0 saturated carbocycles. The first kappa shape index (κ1) is 16.3. The largest absolute Gasteiger partial charge is 0.416 e. The topological polar surface area (TPSA) is 58.2 Å². The van der Waals surface area contributed by atoms with Gasteiger partial charge >= 0.3 is 6.18 Å². The monoisotopic (exact) mass is 330 g/mol. The molecule has 22 heavy (non-hydrogen) atoms. The van der Waals surface area contributed by atoms with E-state index in [1.54, 1.807) is 0 Å². The van der Waals surface area contributed by atoms with E-state index in [4.69, 9.17) is 0 Å². The Kier molecular flexibility index (Phi) is 4.43. The SMILES string of the molecule is CNS(=O)(=O)c1ccc(Nc2ccc(C(F)(F)F)cc2)cc1. The summed E-state index contributed by atoms with van der Waals surface area (Å²) in [6.07, 6.45) is -4.37. The number of halogens is 3. The van der Waals surface area contributed by atoms with Crippen molar-refractivity contribution in [1.82, 2.24) is 4.72 Å². The Labute approximate surface area is 126 Å². The van der Waals surface area contributed by atoms with Gasteiger partial charge in [-0.25, -0.2) is 13.1 Å². The quantitative estimate of drug-likeness (QED) is 0.904.